The lowest BCUT2D eigenvalue weighted by Crippen LogP contribution is -2.59. The van der Waals surface area contributed by atoms with Gasteiger partial charge in [0.2, 0.25) is 0 Å². The fraction of sp³-hybridized carbons (Fsp3) is 0.200. The predicted octanol–water partition coefficient (Wildman–Crippen LogP) is 8.80. The molecule has 0 saturated heterocycles. The molecule has 0 heterocycles. The topological polar surface area (TPSA) is 69.6 Å². The summed E-state index contributed by atoms with van der Waals surface area (Å²) in [5, 5.41) is 11.2. The second-order valence-electron chi connectivity index (χ2n) is 8.82. The molecule has 45 heavy (non-hydrogen) atoms. The van der Waals surface area contributed by atoms with Crippen LogP contribution in [0.2, 0.25) is 0 Å². The van der Waals surface area contributed by atoms with E-state index in [0.717, 1.165) is 30.3 Å². The summed E-state index contributed by atoms with van der Waals surface area (Å²) in [6.45, 7) is 0. The van der Waals surface area contributed by atoms with Crippen molar-refractivity contribution in [2.75, 3.05) is 10.4 Å². The van der Waals surface area contributed by atoms with Crippen molar-refractivity contribution in [1.82, 2.24) is 0 Å². The van der Waals surface area contributed by atoms with E-state index < -0.39 is 103 Å². The summed E-state index contributed by atoms with van der Waals surface area (Å²) in [4.78, 5) is 25.2. The molecule has 1 atom stereocenters. The fourth-order valence-electron chi connectivity index (χ4n) is 3.74. The Labute approximate surface area is 254 Å². The molecule has 0 aliphatic rings. The third kappa shape index (κ3) is 6.51. The Bertz CT molecular complexity index is 1620. The minimum atomic E-state index is -7.31. The molecule has 3 aromatic carbocycles. The van der Waals surface area contributed by atoms with Gasteiger partial charge >= 0.3 is 30.1 Å². The molecule has 0 fully saturated rings. The maximum absolute atomic E-state index is 15.2. The number of carbonyl (C=O) groups excluding carboxylic acids is 2. The van der Waals surface area contributed by atoms with Gasteiger partial charge in [0.05, 0.1) is 16.8 Å². The van der Waals surface area contributed by atoms with E-state index in [-0.39, 0.29) is 5.06 Å². The average molecular weight is 780 g/mol. The third-order valence-corrected chi connectivity index (χ3v) is 6.80. The maximum atomic E-state index is 15.2. The molecule has 0 aliphatic heterocycles. The van der Waals surface area contributed by atoms with E-state index in [9.17, 15) is 71.9 Å². The average Bonchev–Trinajstić information content (AvgIpc) is 2.91. The highest BCUT2D eigenvalue weighted by atomic mass is 127. The number of amides is 2. The van der Waals surface area contributed by atoms with Gasteiger partial charge < -0.3 is 5.32 Å². The van der Waals surface area contributed by atoms with Gasteiger partial charge in [0.25, 0.3) is 11.8 Å². The van der Waals surface area contributed by atoms with Crippen molar-refractivity contribution in [1.29, 1.82) is 0 Å². The molecule has 3 rings (SSSR count). The highest BCUT2D eigenvalue weighted by Gasteiger charge is 2.82. The van der Waals surface area contributed by atoms with E-state index in [2.05, 4.69) is 0 Å². The number of anilines is 2. The molecule has 0 bridgehead atoms. The Kier molecular flexibility index (Phi) is 9.47. The van der Waals surface area contributed by atoms with Gasteiger partial charge in [0.15, 0.2) is 5.82 Å². The normalized spacial score (nSPS) is 14.1. The van der Waals surface area contributed by atoms with Crippen molar-refractivity contribution in [3.05, 3.63) is 92.1 Å². The molecule has 5 nitrogen and oxygen atoms in total. The van der Waals surface area contributed by atoms with Crippen molar-refractivity contribution >= 4 is 45.8 Å². The van der Waals surface area contributed by atoms with Gasteiger partial charge in [0, 0.05) is 14.7 Å². The van der Waals surface area contributed by atoms with Crippen LogP contribution in [-0.2, 0) is 11.8 Å². The van der Waals surface area contributed by atoms with Gasteiger partial charge in [-0.05, 0) is 71.1 Å². The first kappa shape index (κ1) is 35.8. The smallest absolute Gasteiger partial charge is 0.320 e. The Hall–Kier alpha value is -3.69. The molecule has 1 unspecified atom stereocenters. The number of alkyl halides is 12. The first-order valence-corrected chi connectivity index (χ1v) is 12.4. The van der Waals surface area contributed by atoms with E-state index in [1.807, 2.05) is 0 Å². The van der Waals surface area contributed by atoms with Crippen LogP contribution in [0.15, 0.2) is 54.6 Å². The summed E-state index contributed by atoms with van der Waals surface area (Å²) in [6, 6.07) is 3.93. The highest BCUT2D eigenvalue weighted by Crippen LogP contribution is 2.59. The monoisotopic (exact) mass is 780 g/mol. The lowest BCUT2D eigenvalue weighted by atomic mass is 9.86. The molecule has 0 spiro atoms. The molecule has 2 N–H and O–H groups in total. The molecule has 0 saturated carbocycles. The number of carbonyl (C=O) groups is 2. The second-order valence-corrected chi connectivity index (χ2v) is 9.99. The number of nitrogens with zero attached hydrogens (tertiary/aromatic N) is 1. The summed E-state index contributed by atoms with van der Waals surface area (Å²) in [7, 11) is 0. The first-order valence-electron chi connectivity index (χ1n) is 11.4. The zero-order chi connectivity index (χ0) is 34.5. The molecular weight excluding hydrogens is 769 g/mol. The quantitative estimate of drug-likeness (QED) is 0.114. The van der Waals surface area contributed by atoms with E-state index in [4.69, 9.17) is 0 Å². The van der Waals surface area contributed by atoms with E-state index in [0.29, 0.717) is 34.7 Å². The lowest BCUT2D eigenvalue weighted by Gasteiger charge is -2.36. The number of nitrogens with one attached hydrogen (secondary N) is 1. The Morgan fingerprint density at radius 2 is 1.33 bits per heavy atom. The zero-order valence-electron chi connectivity index (χ0n) is 21.1. The standard InChI is InChI=1S/C25H11F14IN2O3/c26-12-6-4-10(5-7-12)20(44)42(45)16-3-1-2-13(17(16)27)19(43)41-18-14(22(29,30)31)8-11(9-15(18)40)21(28,24(34,35)36)23(32,33)25(37,38)39/h1-9,45H,(H,41,43). The number of benzene rings is 3. The largest absolute Gasteiger partial charge is 0.457 e. The summed E-state index contributed by atoms with van der Waals surface area (Å²) in [5.41, 5.74) is -16.4. The molecule has 244 valence electrons. The van der Waals surface area contributed by atoms with Crippen LogP contribution in [0.1, 0.15) is 31.8 Å². The molecule has 3 aromatic rings. The van der Waals surface area contributed by atoms with Crippen LogP contribution in [0.4, 0.5) is 72.8 Å². The Morgan fingerprint density at radius 1 is 0.778 bits per heavy atom. The molecule has 0 aromatic heterocycles. The van der Waals surface area contributed by atoms with Crippen LogP contribution in [0.3, 0.4) is 0 Å². The first-order chi connectivity index (χ1) is 20.4. The molecular formula is C25H11F14IN2O3. The SMILES string of the molecule is O=C(Nc1c(I)cc(C(F)(C(F)(F)F)C(F)(F)C(F)(F)F)cc1C(F)(F)F)c1cccc(N(O)C(=O)c2ccc(F)cc2)c1F. The zero-order valence-corrected chi connectivity index (χ0v) is 23.2. The van der Waals surface area contributed by atoms with Crippen molar-refractivity contribution in [3.8, 4) is 0 Å². The minimum absolute atomic E-state index is 0.363. The summed E-state index contributed by atoms with van der Waals surface area (Å²) >= 11 is 0.677. The van der Waals surface area contributed by atoms with Crippen molar-refractivity contribution < 1.29 is 76.3 Å². The van der Waals surface area contributed by atoms with Gasteiger partial charge in [-0.1, -0.05) is 6.07 Å². The van der Waals surface area contributed by atoms with E-state index in [1.54, 1.807) is 0 Å². The van der Waals surface area contributed by atoms with Crippen molar-refractivity contribution in [2.24, 2.45) is 0 Å². The summed E-state index contributed by atoms with van der Waals surface area (Å²) in [5.74, 6) is -13.1. The van der Waals surface area contributed by atoms with Crippen LogP contribution in [0.25, 0.3) is 0 Å². The van der Waals surface area contributed by atoms with Gasteiger partial charge in [-0.3, -0.25) is 14.8 Å². The van der Waals surface area contributed by atoms with Crippen LogP contribution in [0.5, 0.6) is 0 Å². The maximum Gasteiger partial charge on any atom is 0.457 e. The molecule has 0 radical (unpaired) electrons. The van der Waals surface area contributed by atoms with E-state index in [1.165, 1.54) is 5.32 Å². The number of hydrogen-bond donors (Lipinski definition) is 2. The Morgan fingerprint density at radius 3 is 1.82 bits per heavy atom. The van der Waals surface area contributed by atoms with E-state index >= 15 is 4.39 Å². The highest BCUT2D eigenvalue weighted by molar-refractivity contribution is 14.1. The third-order valence-electron chi connectivity index (χ3n) is 5.95. The number of halogens is 15. The van der Waals surface area contributed by atoms with Gasteiger partial charge in [-0.25, -0.2) is 13.2 Å². The number of hydroxylamine groups is 1. The van der Waals surface area contributed by atoms with Gasteiger partial charge in [0.1, 0.15) is 11.5 Å². The van der Waals surface area contributed by atoms with Crippen molar-refractivity contribution in [3.63, 3.8) is 0 Å². The van der Waals surface area contributed by atoms with Crippen LogP contribution in [-0.4, -0.2) is 35.3 Å². The molecule has 0 aliphatic carbocycles. The lowest BCUT2D eigenvalue weighted by molar-refractivity contribution is -0.389. The summed E-state index contributed by atoms with van der Waals surface area (Å²) < 4.78 is 190. The van der Waals surface area contributed by atoms with Crippen molar-refractivity contribution in [2.45, 2.75) is 30.1 Å². The van der Waals surface area contributed by atoms with Crippen LogP contribution < -0.4 is 10.4 Å². The number of hydrogen-bond acceptors (Lipinski definition) is 3. The van der Waals surface area contributed by atoms with Crippen LogP contribution in [0, 0.1) is 15.2 Å². The fourth-order valence-corrected chi connectivity index (χ4v) is 4.50. The van der Waals surface area contributed by atoms with Crippen LogP contribution >= 0.6 is 22.6 Å². The van der Waals surface area contributed by atoms with Gasteiger partial charge in [-0.15, -0.1) is 0 Å². The molecule has 20 heteroatoms. The Balaban J connectivity index is 2.12. The summed E-state index contributed by atoms with van der Waals surface area (Å²) in [6.07, 6.45) is -20.3. The van der Waals surface area contributed by atoms with Gasteiger partial charge in [-0.2, -0.15) is 53.4 Å². The number of rotatable bonds is 6. The molecule has 2 amide bonds. The minimum Gasteiger partial charge on any atom is -0.320 e. The predicted molar refractivity (Wildman–Crippen MR) is 133 cm³/mol. The second kappa shape index (κ2) is 11.9.